The fourth-order valence-electron chi connectivity index (χ4n) is 3.27. The highest BCUT2D eigenvalue weighted by Crippen LogP contribution is 2.57. The van der Waals surface area contributed by atoms with Gasteiger partial charge in [-0.1, -0.05) is 0 Å². The third-order valence-corrected chi connectivity index (χ3v) is 4.59. The smallest absolute Gasteiger partial charge is 0.410 e. The topological polar surface area (TPSA) is 74.7 Å². The molecule has 1 aliphatic heterocycles. The number of amides is 1. The molecule has 0 spiro atoms. The van der Waals surface area contributed by atoms with Crippen LogP contribution in [0.5, 0.6) is 0 Å². The van der Waals surface area contributed by atoms with Crippen molar-refractivity contribution in [1.29, 1.82) is 0 Å². The molecule has 6 heteroatoms. The zero-order valence-corrected chi connectivity index (χ0v) is 14.0. The zero-order chi connectivity index (χ0) is 16.7. The first-order chi connectivity index (χ1) is 10.8. The minimum Gasteiger partial charge on any atom is -0.444 e. The third-order valence-electron chi connectivity index (χ3n) is 4.59. The number of anilines is 1. The van der Waals surface area contributed by atoms with Gasteiger partial charge in [-0.05, 0) is 50.8 Å². The molecule has 1 aromatic rings. The predicted octanol–water partition coefficient (Wildman–Crippen LogP) is 2.24. The Morgan fingerprint density at radius 3 is 3.04 bits per heavy atom. The second kappa shape index (κ2) is 5.67. The van der Waals surface area contributed by atoms with E-state index in [-0.39, 0.29) is 18.1 Å². The van der Waals surface area contributed by atoms with Gasteiger partial charge in [-0.15, -0.1) is 0 Å². The molecule has 0 aromatic carbocycles. The lowest BCUT2D eigenvalue weighted by Gasteiger charge is -2.26. The number of aromatic nitrogens is 1. The number of rotatable bonds is 4. The van der Waals surface area contributed by atoms with Gasteiger partial charge in [0, 0.05) is 31.2 Å². The standard InChI is InChI=1S/C17H25N3O3/c1-16(2,3)23-15(22)20-8-13-7-17(13,11-20)10-19-14-6-12(9-21)4-5-18-14/h4-6,13,21H,7-11H2,1-3H3,(H,18,19). The molecule has 1 aliphatic carbocycles. The summed E-state index contributed by atoms with van der Waals surface area (Å²) >= 11 is 0. The number of likely N-dealkylation sites (tertiary alicyclic amines) is 1. The number of fused-ring (bicyclic) bond motifs is 1. The Kier molecular flexibility index (Phi) is 3.96. The molecule has 23 heavy (non-hydrogen) atoms. The zero-order valence-electron chi connectivity index (χ0n) is 14.0. The lowest BCUT2D eigenvalue weighted by Crippen LogP contribution is -2.38. The Balaban J connectivity index is 1.55. The van der Waals surface area contributed by atoms with Crippen molar-refractivity contribution in [1.82, 2.24) is 9.88 Å². The molecule has 2 atom stereocenters. The van der Waals surface area contributed by atoms with Gasteiger partial charge in [-0.25, -0.2) is 9.78 Å². The van der Waals surface area contributed by atoms with Gasteiger partial charge >= 0.3 is 6.09 Å². The number of nitrogens with one attached hydrogen (secondary N) is 1. The molecule has 2 fully saturated rings. The number of carbonyl (C=O) groups is 1. The van der Waals surface area contributed by atoms with Crippen LogP contribution in [0.2, 0.25) is 0 Å². The highest BCUT2D eigenvalue weighted by atomic mass is 16.6. The molecule has 1 amide bonds. The summed E-state index contributed by atoms with van der Waals surface area (Å²) in [5, 5.41) is 12.5. The van der Waals surface area contributed by atoms with Crippen LogP contribution in [0.15, 0.2) is 18.3 Å². The molecule has 3 rings (SSSR count). The fraction of sp³-hybridized carbons (Fsp3) is 0.647. The molecule has 2 N–H and O–H groups in total. The van der Waals surface area contributed by atoms with Crippen LogP contribution in [0, 0.1) is 11.3 Å². The summed E-state index contributed by atoms with van der Waals surface area (Å²) in [5.41, 5.74) is 0.534. The van der Waals surface area contributed by atoms with Crippen molar-refractivity contribution in [2.75, 3.05) is 25.0 Å². The molecule has 126 valence electrons. The van der Waals surface area contributed by atoms with E-state index in [9.17, 15) is 9.90 Å². The van der Waals surface area contributed by atoms with Crippen molar-refractivity contribution in [3.63, 3.8) is 0 Å². The van der Waals surface area contributed by atoms with Gasteiger partial charge in [0.1, 0.15) is 11.4 Å². The van der Waals surface area contributed by atoms with E-state index in [1.54, 1.807) is 12.3 Å². The lowest BCUT2D eigenvalue weighted by molar-refractivity contribution is 0.0263. The summed E-state index contributed by atoms with van der Waals surface area (Å²) in [6, 6.07) is 3.65. The second-order valence-electron chi connectivity index (χ2n) is 7.69. The molecule has 1 saturated heterocycles. The number of nitrogens with zero attached hydrogens (tertiary/aromatic N) is 2. The average Bonchev–Trinajstić information content (AvgIpc) is 3.04. The molecule has 2 aliphatic rings. The average molecular weight is 319 g/mol. The van der Waals surface area contributed by atoms with Crippen molar-refractivity contribution in [2.24, 2.45) is 11.3 Å². The molecular weight excluding hydrogens is 294 g/mol. The largest absolute Gasteiger partial charge is 0.444 e. The van der Waals surface area contributed by atoms with Gasteiger partial charge in [0.05, 0.1) is 6.61 Å². The number of aliphatic hydroxyl groups is 1. The summed E-state index contributed by atoms with van der Waals surface area (Å²) < 4.78 is 5.46. The Labute approximate surface area is 136 Å². The van der Waals surface area contributed by atoms with E-state index in [2.05, 4.69) is 10.3 Å². The van der Waals surface area contributed by atoms with Crippen LogP contribution >= 0.6 is 0 Å². The van der Waals surface area contributed by atoms with Crippen molar-refractivity contribution in [3.8, 4) is 0 Å². The first kappa shape index (κ1) is 16.1. The van der Waals surface area contributed by atoms with Gasteiger partial charge in [-0.3, -0.25) is 0 Å². The minimum absolute atomic E-state index is 0.0113. The van der Waals surface area contributed by atoms with E-state index in [0.29, 0.717) is 5.92 Å². The van der Waals surface area contributed by atoms with E-state index in [1.807, 2.05) is 31.7 Å². The van der Waals surface area contributed by atoms with Crippen LogP contribution in [0.4, 0.5) is 10.6 Å². The first-order valence-electron chi connectivity index (χ1n) is 8.09. The molecule has 1 aromatic heterocycles. The highest BCUT2D eigenvalue weighted by Gasteiger charge is 2.61. The summed E-state index contributed by atoms with van der Waals surface area (Å²) in [6.07, 6.45) is 2.61. The maximum atomic E-state index is 12.2. The van der Waals surface area contributed by atoms with Crippen molar-refractivity contribution < 1.29 is 14.6 Å². The lowest BCUT2D eigenvalue weighted by atomic mass is 10.1. The van der Waals surface area contributed by atoms with Gasteiger partial charge in [0.2, 0.25) is 0 Å². The molecule has 0 radical (unpaired) electrons. The van der Waals surface area contributed by atoms with Crippen LogP contribution in [0.1, 0.15) is 32.8 Å². The van der Waals surface area contributed by atoms with Crippen molar-refractivity contribution in [3.05, 3.63) is 23.9 Å². The third kappa shape index (κ3) is 3.58. The Morgan fingerprint density at radius 2 is 2.35 bits per heavy atom. The van der Waals surface area contributed by atoms with Gasteiger partial charge < -0.3 is 20.1 Å². The van der Waals surface area contributed by atoms with Gasteiger partial charge in [0.25, 0.3) is 0 Å². The summed E-state index contributed by atoms with van der Waals surface area (Å²) in [4.78, 5) is 18.3. The van der Waals surface area contributed by atoms with Gasteiger partial charge in [0.15, 0.2) is 0 Å². The van der Waals surface area contributed by atoms with Crippen LogP contribution < -0.4 is 5.32 Å². The monoisotopic (exact) mass is 319 g/mol. The number of hydrogen-bond donors (Lipinski definition) is 2. The van der Waals surface area contributed by atoms with E-state index < -0.39 is 5.60 Å². The highest BCUT2D eigenvalue weighted by molar-refractivity contribution is 5.69. The molecule has 6 nitrogen and oxygen atoms in total. The quantitative estimate of drug-likeness (QED) is 0.890. The number of ether oxygens (including phenoxy) is 1. The Morgan fingerprint density at radius 1 is 1.57 bits per heavy atom. The van der Waals surface area contributed by atoms with E-state index in [4.69, 9.17) is 4.74 Å². The van der Waals surface area contributed by atoms with Crippen LogP contribution in [-0.2, 0) is 11.3 Å². The summed E-state index contributed by atoms with van der Waals surface area (Å²) in [6.45, 7) is 7.98. The van der Waals surface area contributed by atoms with E-state index >= 15 is 0 Å². The van der Waals surface area contributed by atoms with E-state index in [1.165, 1.54) is 0 Å². The molecule has 1 saturated carbocycles. The molecule has 0 bridgehead atoms. The Hall–Kier alpha value is -1.82. The fourth-order valence-corrected chi connectivity index (χ4v) is 3.27. The Bertz CT molecular complexity index is 599. The van der Waals surface area contributed by atoms with Crippen LogP contribution in [-0.4, -0.2) is 46.3 Å². The number of aliphatic hydroxyl groups excluding tert-OH is 1. The van der Waals surface area contributed by atoms with E-state index in [0.717, 1.165) is 37.4 Å². The minimum atomic E-state index is -0.454. The van der Waals surface area contributed by atoms with Crippen LogP contribution in [0.3, 0.4) is 0 Å². The van der Waals surface area contributed by atoms with Crippen LogP contribution in [0.25, 0.3) is 0 Å². The molecule has 2 unspecified atom stereocenters. The molecule has 2 heterocycles. The predicted molar refractivity (Wildman–Crippen MR) is 87.0 cm³/mol. The van der Waals surface area contributed by atoms with Crippen molar-refractivity contribution in [2.45, 2.75) is 39.4 Å². The van der Waals surface area contributed by atoms with Crippen molar-refractivity contribution >= 4 is 11.9 Å². The maximum absolute atomic E-state index is 12.2. The molecular formula is C17H25N3O3. The number of hydrogen-bond acceptors (Lipinski definition) is 5. The number of pyridine rings is 1. The normalized spacial score (nSPS) is 25.9. The van der Waals surface area contributed by atoms with Gasteiger partial charge in [-0.2, -0.15) is 0 Å². The SMILES string of the molecule is CC(C)(C)OC(=O)N1CC2CC2(CNc2cc(CO)ccn2)C1. The summed E-state index contributed by atoms with van der Waals surface area (Å²) in [5.74, 6) is 1.32. The number of piperidine rings is 1. The second-order valence-corrected chi connectivity index (χ2v) is 7.69. The summed E-state index contributed by atoms with van der Waals surface area (Å²) in [7, 11) is 0. The number of carbonyl (C=O) groups excluding carboxylic acids is 1. The maximum Gasteiger partial charge on any atom is 0.410 e. The first-order valence-corrected chi connectivity index (χ1v) is 8.09.